The Morgan fingerprint density at radius 3 is 2.77 bits per heavy atom. The topological polar surface area (TPSA) is 53.5 Å². The first-order valence-electron chi connectivity index (χ1n) is 8.43. The predicted octanol–water partition coefficient (Wildman–Crippen LogP) is 3.24. The highest BCUT2D eigenvalue weighted by atomic mass is 35.5. The van der Waals surface area contributed by atoms with Crippen molar-refractivity contribution in [1.29, 1.82) is 0 Å². The number of carbonyl (C=O) groups is 2. The summed E-state index contributed by atoms with van der Waals surface area (Å²) in [5.41, 5.74) is 0.892. The number of hydrogen-bond acceptors (Lipinski definition) is 4. The van der Waals surface area contributed by atoms with Crippen LogP contribution in [0, 0.1) is 0 Å². The molecule has 1 aliphatic heterocycles. The molecule has 0 spiro atoms. The van der Waals surface area contributed by atoms with Crippen molar-refractivity contribution in [2.45, 2.75) is 18.9 Å². The Bertz CT molecular complexity index is 786. The third-order valence-electron chi connectivity index (χ3n) is 4.50. The van der Waals surface area contributed by atoms with Crippen LogP contribution < -0.4 is 4.90 Å². The van der Waals surface area contributed by atoms with Crippen LogP contribution in [-0.4, -0.2) is 47.8 Å². The van der Waals surface area contributed by atoms with Crippen molar-refractivity contribution >= 4 is 41.2 Å². The summed E-state index contributed by atoms with van der Waals surface area (Å²) in [7, 11) is 0. The Labute approximate surface area is 162 Å². The summed E-state index contributed by atoms with van der Waals surface area (Å²) in [5, 5.41) is 1.14. The van der Waals surface area contributed by atoms with Gasteiger partial charge < -0.3 is 14.6 Å². The quantitative estimate of drug-likeness (QED) is 0.734. The zero-order chi connectivity index (χ0) is 18.5. The van der Waals surface area contributed by atoms with E-state index in [0.29, 0.717) is 42.5 Å². The van der Waals surface area contributed by atoms with E-state index in [2.05, 4.69) is 4.98 Å². The van der Waals surface area contributed by atoms with Gasteiger partial charge in [-0.3, -0.25) is 4.79 Å². The second-order valence-electron chi connectivity index (χ2n) is 6.16. The van der Waals surface area contributed by atoms with Gasteiger partial charge in [0.2, 0.25) is 5.91 Å². The molecule has 26 heavy (non-hydrogen) atoms. The first kappa shape index (κ1) is 18.7. The van der Waals surface area contributed by atoms with Crippen molar-refractivity contribution in [2.24, 2.45) is 0 Å². The fourth-order valence-electron chi connectivity index (χ4n) is 3.09. The maximum absolute atomic E-state index is 12.6. The molecule has 1 saturated heterocycles. The molecule has 1 fully saturated rings. The van der Waals surface area contributed by atoms with Crippen molar-refractivity contribution < 1.29 is 9.59 Å². The summed E-state index contributed by atoms with van der Waals surface area (Å²) < 4.78 is 0. The van der Waals surface area contributed by atoms with Crippen LogP contribution in [0.3, 0.4) is 0 Å². The normalized spacial score (nSPS) is 17.2. The summed E-state index contributed by atoms with van der Waals surface area (Å²) in [5.74, 6) is 0.771. The molecule has 0 N–H and O–H groups in total. The molecule has 136 valence electrons. The van der Waals surface area contributed by atoms with Crippen LogP contribution in [0.5, 0.6) is 0 Å². The molecule has 3 rings (SSSR count). The minimum Gasteiger partial charge on any atom is -0.343 e. The molecule has 5 nitrogen and oxygen atoms in total. The second kappa shape index (κ2) is 8.52. The van der Waals surface area contributed by atoms with Gasteiger partial charge in [0, 0.05) is 42.3 Å². The number of aldehydes is 1. The first-order valence-corrected chi connectivity index (χ1v) is 9.19. The number of amides is 1. The van der Waals surface area contributed by atoms with Gasteiger partial charge >= 0.3 is 0 Å². The second-order valence-corrected chi connectivity index (χ2v) is 7.00. The van der Waals surface area contributed by atoms with E-state index in [0.717, 1.165) is 17.7 Å². The van der Waals surface area contributed by atoms with E-state index >= 15 is 0 Å². The number of rotatable bonds is 5. The molecular formula is C19H19Cl2N3O2. The van der Waals surface area contributed by atoms with Gasteiger partial charge in [-0.2, -0.15) is 0 Å². The van der Waals surface area contributed by atoms with E-state index in [-0.39, 0.29) is 11.9 Å². The van der Waals surface area contributed by atoms with Gasteiger partial charge in [-0.25, -0.2) is 4.98 Å². The van der Waals surface area contributed by atoms with Crippen LogP contribution in [0.2, 0.25) is 10.0 Å². The molecule has 1 amide bonds. The molecule has 0 aliphatic carbocycles. The lowest BCUT2D eigenvalue weighted by atomic mass is 10.1. The average Bonchev–Trinajstić information content (AvgIpc) is 2.67. The minimum atomic E-state index is -0.387. The Morgan fingerprint density at radius 1 is 1.23 bits per heavy atom. The highest BCUT2D eigenvalue weighted by Gasteiger charge is 2.29. The van der Waals surface area contributed by atoms with Crippen molar-refractivity contribution in [3.8, 4) is 0 Å². The number of anilines is 1. The smallest absolute Gasteiger partial charge is 0.223 e. The van der Waals surface area contributed by atoms with Crippen LogP contribution >= 0.6 is 23.2 Å². The van der Waals surface area contributed by atoms with E-state index in [1.165, 1.54) is 0 Å². The Morgan fingerprint density at radius 2 is 2.08 bits per heavy atom. The number of piperazine rings is 1. The van der Waals surface area contributed by atoms with Crippen LogP contribution in [0.4, 0.5) is 5.82 Å². The minimum absolute atomic E-state index is 0.0172. The summed E-state index contributed by atoms with van der Waals surface area (Å²) in [6.45, 7) is 1.51. The molecule has 1 unspecified atom stereocenters. The molecule has 1 atom stereocenters. The lowest BCUT2D eigenvalue weighted by Gasteiger charge is -2.39. The summed E-state index contributed by atoms with van der Waals surface area (Å²) in [4.78, 5) is 32.1. The van der Waals surface area contributed by atoms with Gasteiger partial charge in [0.25, 0.3) is 0 Å². The molecule has 7 heteroatoms. The van der Waals surface area contributed by atoms with Crippen molar-refractivity contribution in [3.05, 3.63) is 58.2 Å². The van der Waals surface area contributed by atoms with Gasteiger partial charge in [0.1, 0.15) is 18.1 Å². The van der Waals surface area contributed by atoms with Crippen molar-refractivity contribution in [3.63, 3.8) is 0 Å². The van der Waals surface area contributed by atoms with Crippen LogP contribution in [0.1, 0.15) is 12.0 Å². The zero-order valence-corrected chi connectivity index (χ0v) is 15.7. The third kappa shape index (κ3) is 4.34. The highest BCUT2D eigenvalue weighted by molar-refractivity contribution is 6.35. The highest BCUT2D eigenvalue weighted by Crippen LogP contribution is 2.23. The maximum atomic E-state index is 12.6. The summed E-state index contributed by atoms with van der Waals surface area (Å²) >= 11 is 12.1. The monoisotopic (exact) mass is 391 g/mol. The van der Waals surface area contributed by atoms with E-state index in [1.54, 1.807) is 23.2 Å². The molecular weight excluding hydrogens is 373 g/mol. The van der Waals surface area contributed by atoms with E-state index < -0.39 is 0 Å². The van der Waals surface area contributed by atoms with E-state index in [4.69, 9.17) is 23.2 Å². The molecule has 2 aromatic rings. The standard InChI is InChI=1S/C19H19Cl2N3O2/c20-15-6-4-14(17(21)11-15)5-7-19(26)23-9-10-24(16(12-23)13-25)18-3-1-2-8-22-18/h1-4,6,8,11,13,16H,5,7,9-10,12H2. The number of halogens is 2. The third-order valence-corrected chi connectivity index (χ3v) is 5.08. The lowest BCUT2D eigenvalue weighted by Crippen LogP contribution is -2.56. The number of aryl methyl sites for hydroxylation is 1. The van der Waals surface area contributed by atoms with E-state index in [1.807, 2.05) is 29.2 Å². The SMILES string of the molecule is O=CC1CN(C(=O)CCc2ccc(Cl)cc2Cl)CCN1c1ccccn1. The zero-order valence-electron chi connectivity index (χ0n) is 14.1. The largest absolute Gasteiger partial charge is 0.343 e. The van der Waals surface area contributed by atoms with Crippen molar-refractivity contribution in [2.75, 3.05) is 24.5 Å². The first-order chi connectivity index (χ1) is 12.6. The number of pyridine rings is 1. The number of aromatic nitrogens is 1. The fourth-order valence-corrected chi connectivity index (χ4v) is 3.59. The molecule has 0 bridgehead atoms. The number of hydrogen-bond donors (Lipinski definition) is 0. The van der Waals surface area contributed by atoms with Gasteiger partial charge in [-0.05, 0) is 36.2 Å². The molecule has 2 heterocycles. The van der Waals surface area contributed by atoms with Gasteiger partial charge in [0.05, 0.1) is 0 Å². The number of nitrogens with zero attached hydrogens (tertiary/aromatic N) is 3. The molecule has 0 saturated carbocycles. The van der Waals surface area contributed by atoms with Gasteiger partial charge in [-0.1, -0.05) is 35.3 Å². The Kier molecular flexibility index (Phi) is 6.12. The number of carbonyl (C=O) groups excluding carboxylic acids is 2. The molecule has 1 aliphatic rings. The van der Waals surface area contributed by atoms with Crippen LogP contribution in [-0.2, 0) is 16.0 Å². The van der Waals surface area contributed by atoms with Gasteiger partial charge in [0.15, 0.2) is 0 Å². The molecule has 0 radical (unpaired) electrons. The maximum Gasteiger partial charge on any atom is 0.223 e. The predicted molar refractivity (Wildman–Crippen MR) is 103 cm³/mol. The van der Waals surface area contributed by atoms with Crippen LogP contribution in [0.25, 0.3) is 0 Å². The van der Waals surface area contributed by atoms with Crippen LogP contribution in [0.15, 0.2) is 42.6 Å². The number of benzene rings is 1. The van der Waals surface area contributed by atoms with Gasteiger partial charge in [-0.15, -0.1) is 0 Å². The average molecular weight is 392 g/mol. The summed E-state index contributed by atoms with van der Waals surface area (Å²) in [6, 6.07) is 10.5. The Balaban J connectivity index is 1.60. The lowest BCUT2D eigenvalue weighted by molar-refractivity contribution is -0.132. The molecule has 1 aromatic heterocycles. The molecule has 1 aromatic carbocycles. The summed E-state index contributed by atoms with van der Waals surface area (Å²) in [6.07, 6.45) is 3.46. The fraction of sp³-hybridized carbons (Fsp3) is 0.316. The van der Waals surface area contributed by atoms with E-state index in [9.17, 15) is 9.59 Å². The Hall–Kier alpha value is -2.11. The van der Waals surface area contributed by atoms with Crippen molar-refractivity contribution in [1.82, 2.24) is 9.88 Å².